The van der Waals surface area contributed by atoms with Gasteiger partial charge in [-0.1, -0.05) is 0 Å². The molecule has 0 saturated carbocycles. The fraction of sp³-hybridized carbons (Fsp3) is 0.538. The zero-order chi connectivity index (χ0) is 14.8. The number of likely N-dealkylation sites (tertiary alicyclic amines) is 1. The maximum atomic E-state index is 12.3. The number of H-pyrrole nitrogens is 1. The van der Waals surface area contributed by atoms with Crippen molar-refractivity contribution >= 4 is 17.8 Å². The summed E-state index contributed by atoms with van der Waals surface area (Å²) in [5, 5.41) is 2.41. The number of nitrogens with zero attached hydrogens (tertiary/aromatic N) is 3. The lowest BCUT2D eigenvalue weighted by atomic mass is 9.97. The first-order valence-electron chi connectivity index (χ1n) is 7.00. The lowest BCUT2D eigenvalue weighted by molar-refractivity contribution is -0.137. The number of piperidine rings is 1. The molecular formula is C13H17N5O3. The molecule has 3 heterocycles. The van der Waals surface area contributed by atoms with Gasteiger partial charge >= 0.3 is 6.03 Å². The molecule has 3 rings (SSSR count). The molecule has 0 radical (unpaired) electrons. The fourth-order valence-corrected chi connectivity index (χ4v) is 2.78. The number of imide groups is 1. The lowest BCUT2D eigenvalue weighted by Gasteiger charge is -2.32. The van der Waals surface area contributed by atoms with Crippen molar-refractivity contribution in [3.05, 3.63) is 18.2 Å². The Labute approximate surface area is 121 Å². The quantitative estimate of drug-likeness (QED) is 0.745. The van der Waals surface area contributed by atoms with E-state index in [-0.39, 0.29) is 30.8 Å². The van der Waals surface area contributed by atoms with Crippen LogP contribution in [0.25, 0.3) is 0 Å². The van der Waals surface area contributed by atoms with Crippen LogP contribution in [0.1, 0.15) is 24.6 Å². The second-order valence-electron chi connectivity index (χ2n) is 5.29. The van der Waals surface area contributed by atoms with Crippen LogP contribution in [0.15, 0.2) is 12.4 Å². The van der Waals surface area contributed by atoms with E-state index in [2.05, 4.69) is 15.3 Å². The van der Waals surface area contributed by atoms with Crippen molar-refractivity contribution in [3.63, 3.8) is 0 Å². The number of carbonyl (C=O) groups is 3. The van der Waals surface area contributed by atoms with Gasteiger partial charge in [0.2, 0.25) is 5.91 Å². The Kier molecular flexibility index (Phi) is 3.59. The molecule has 112 valence electrons. The van der Waals surface area contributed by atoms with Gasteiger partial charge in [-0.15, -0.1) is 0 Å². The molecule has 8 nitrogen and oxygen atoms in total. The van der Waals surface area contributed by atoms with Gasteiger partial charge in [0.05, 0.1) is 6.54 Å². The Hall–Kier alpha value is -2.38. The van der Waals surface area contributed by atoms with E-state index in [9.17, 15) is 14.4 Å². The molecule has 1 atom stereocenters. The predicted molar refractivity (Wildman–Crippen MR) is 72.3 cm³/mol. The Bertz CT molecular complexity index is 540. The highest BCUT2D eigenvalue weighted by Gasteiger charge is 2.33. The normalized spacial score (nSPS) is 22.6. The Balaban J connectivity index is 1.62. The van der Waals surface area contributed by atoms with Gasteiger partial charge in [0, 0.05) is 31.4 Å². The number of imidazole rings is 1. The van der Waals surface area contributed by atoms with Gasteiger partial charge in [-0.3, -0.25) is 14.5 Å². The minimum atomic E-state index is -0.493. The molecule has 4 amide bonds. The predicted octanol–water partition coefficient (Wildman–Crippen LogP) is -0.332. The summed E-state index contributed by atoms with van der Waals surface area (Å²) in [4.78, 5) is 45.2. The van der Waals surface area contributed by atoms with E-state index in [0.29, 0.717) is 13.1 Å². The molecule has 2 fully saturated rings. The average Bonchev–Trinajstić information content (AvgIpc) is 3.13. The average molecular weight is 291 g/mol. The summed E-state index contributed by atoms with van der Waals surface area (Å²) >= 11 is 0. The molecule has 1 unspecified atom stereocenters. The number of carbonyl (C=O) groups excluding carboxylic acids is 3. The Morgan fingerprint density at radius 1 is 1.43 bits per heavy atom. The monoisotopic (exact) mass is 291 g/mol. The van der Waals surface area contributed by atoms with Gasteiger partial charge in [0.15, 0.2) is 0 Å². The van der Waals surface area contributed by atoms with Crippen LogP contribution in [0, 0.1) is 0 Å². The van der Waals surface area contributed by atoms with Crippen LogP contribution in [0.5, 0.6) is 0 Å². The molecule has 0 spiro atoms. The number of hydrogen-bond donors (Lipinski definition) is 2. The number of aromatic nitrogens is 2. The molecule has 2 saturated heterocycles. The summed E-state index contributed by atoms with van der Waals surface area (Å²) in [6.07, 6.45) is 5.32. The second kappa shape index (κ2) is 5.55. The van der Waals surface area contributed by atoms with E-state index in [1.165, 1.54) is 0 Å². The van der Waals surface area contributed by atoms with Gasteiger partial charge in [0.25, 0.3) is 5.91 Å². The van der Waals surface area contributed by atoms with Crippen molar-refractivity contribution in [1.29, 1.82) is 0 Å². The SMILES string of the molecule is O=C(CN1C(=O)CNC1=O)N1CCCC(c2ncc[nH]2)C1. The number of hydrogen-bond acceptors (Lipinski definition) is 4. The minimum Gasteiger partial charge on any atom is -0.348 e. The molecule has 0 aromatic carbocycles. The number of aromatic amines is 1. The standard InChI is InChI=1S/C13H17N5O3/c19-10-6-16-13(21)18(10)8-11(20)17-5-1-2-9(7-17)12-14-3-4-15-12/h3-4,9H,1-2,5-8H2,(H,14,15)(H,16,21). The number of amides is 4. The van der Waals surface area contributed by atoms with Crippen molar-refractivity contribution in [1.82, 2.24) is 25.1 Å². The lowest BCUT2D eigenvalue weighted by Crippen LogP contribution is -2.46. The molecule has 2 aliphatic rings. The van der Waals surface area contributed by atoms with Gasteiger partial charge in [-0.05, 0) is 12.8 Å². The van der Waals surface area contributed by atoms with Crippen molar-refractivity contribution in [2.45, 2.75) is 18.8 Å². The van der Waals surface area contributed by atoms with E-state index in [0.717, 1.165) is 23.6 Å². The third-order valence-electron chi connectivity index (χ3n) is 3.91. The molecule has 0 aliphatic carbocycles. The highest BCUT2D eigenvalue weighted by Crippen LogP contribution is 2.24. The molecule has 2 N–H and O–H groups in total. The first-order valence-corrected chi connectivity index (χ1v) is 7.00. The first-order chi connectivity index (χ1) is 10.1. The van der Waals surface area contributed by atoms with Crippen molar-refractivity contribution in [3.8, 4) is 0 Å². The van der Waals surface area contributed by atoms with Crippen LogP contribution in [0.3, 0.4) is 0 Å². The summed E-state index contributed by atoms with van der Waals surface area (Å²) in [5.41, 5.74) is 0. The highest BCUT2D eigenvalue weighted by atomic mass is 16.2. The van der Waals surface area contributed by atoms with Crippen molar-refractivity contribution in [2.75, 3.05) is 26.2 Å². The molecular weight excluding hydrogens is 274 g/mol. The topological polar surface area (TPSA) is 98.4 Å². The smallest absolute Gasteiger partial charge is 0.325 e. The number of rotatable bonds is 3. The zero-order valence-corrected chi connectivity index (χ0v) is 11.5. The summed E-state index contributed by atoms with van der Waals surface area (Å²) in [7, 11) is 0. The molecule has 8 heteroatoms. The summed E-state index contributed by atoms with van der Waals surface area (Å²) in [5.74, 6) is 0.507. The number of nitrogens with one attached hydrogen (secondary N) is 2. The maximum absolute atomic E-state index is 12.3. The van der Waals surface area contributed by atoms with Gasteiger partial charge in [-0.25, -0.2) is 9.78 Å². The van der Waals surface area contributed by atoms with E-state index in [1.54, 1.807) is 17.3 Å². The molecule has 21 heavy (non-hydrogen) atoms. The van der Waals surface area contributed by atoms with E-state index in [1.807, 2.05) is 0 Å². The van der Waals surface area contributed by atoms with Crippen LogP contribution in [-0.2, 0) is 9.59 Å². The van der Waals surface area contributed by atoms with E-state index < -0.39 is 6.03 Å². The first kappa shape index (κ1) is 13.6. The van der Waals surface area contributed by atoms with Crippen LogP contribution in [-0.4, -0.2) is 63.8 Å². The molecule has 1 aromatic rings. The second-order valence-corrected chi connectivity index (χ2v) is 5.29. The van der Waals surface area contributed by atoms with E-state index in [4.69, 9.17) is 0 Å². The third kappa shape index (κ3) is 2.74. The van der Waals surface area contributed by atoms with Crippen LogP contribution in [0.2, 0.25) is 0 Å². The van der Waals surface area contributed by atoms with Crippen LogP contribution >= 0.6 is 0 Å². The van der Waals surface area contributed by atoms with Gasteiger partial charge in [-0.2, -0.15) is 0 Å². The van der Waals surface area contributed by atoms with Crippen molar-refractivity contribution < 1.29 is 14.4 Å². The largest absolute Gasteiger partial charge is 0.348 e. The molecule has 2 aliphatic heterocycles. The van der Waals surface area contributed by atoms with E-state index >= 15 is 0 Å². The summed E-state index contributed by atoms with van der Waals surface area (Å²) < 4.78 is 0. The zero-order valence-electron chi connectivity index (χ0n) is 11.5. The van der Waals surface area contributed by atoms with Crippen LogP contribution in [0.4, 0.5) is 4.79 Å². The van der Waals surface area contributed by atoms with Crippen LogP contribution < -0.4 is 5.32 Å². The maximum Gasteiger partial charge on any atom is 0.325 e. The molecule has 1 aromatic heterocycles. The van der Waals surface area contributed by atoms with Crippen molar-refractivity contribution in [2.24, 2.45) is 0 Å². The fourth-order valence-electron chi connectivity index (χ4n) is 2.78. The Morgan fingerprint density at radius 2 is 2.29 bits per heavy atom. The number of urea groups is 1. The minimum absolute atomic E-state index is 0.0267. The summed E-state index contributed by atoms with van der Waals surface area (Å²) in [6.45, 7) is 1.01. The highest BCUT2D eigenvalue weighted by molar-refractivity contribution is 6.04. The van der Waals surface area contributed by atoms with Gasteiger partial charge < -0.3 is 15.2 Å². The third-order valence-corrected chi connectivity index (χ3v) is 3.91. The molecule has 0 bridgehead atoms. The van der Waals surface area contributed by atoms with Gasteiger partial charge in [0.1, 0.15) is 12.4 Å². The summed E-state index contributed by atoms with van der Waals surface area (Å²) in [6, 6.07) is -0.493. The Morgan fingerprint density at radius 3 is 2.95 bits per heavy atom.